The van der Waals surface area contributed by atoms with E-state index in [0.29, 0.717) is 5.92 Å². The van der Waals surface area contributed by atoms with Crippen molar-refractivity contribution in [2.45, 2.75) is 58.4 Å². The number of allylic oxidation sites excluding steroid dienone is 3. The average molecular weight is 428 g/mol. The number of fused-ring (bicyclic) bond motifs is 1. The molecular weight excluding hydrogens is 394 g/mol. The summed E-state index contributed by atoms with van der Waals surface area (Å²) in [6.07, 6.45) is 8.17. The first-order valence-electron chi connectivity index (χ1n) is 11.7. The van der Waals surface area contributed by atoms with Crippen LogP contribution < -0.4 is 4.74 Å². The van der Waals surface area contributed by atoms with Crippen LogP contribution >= 0.6 is 0 Å². The van der Waals surface area contributed by atoms with Gasteiger partial charge in [0.2, 0.25) is 0 Å². The smallest absolute Gasteiger partial charge is 0.132 e. The lowest BCUT2D eigenvalue weighted by atomic mass is 9.87. The molecule has 0 amide bonds. The molecule has 3 aromatic rings. The number of ether oxygens (including phenoxy) is 1. The summed E-state index contributed by atoms with van der Waals surface area (Å²) in [5.74, 6) is 2.36. The van der Waals surface area contributed by atoms with Gasteiger partial charge in [-0.2, -0.15) is 0 Å². The number of rotatable bonds is 4. The van der Waals surface area contributed by atoms with Crippen molar-refractivity contribution in [2.24, 2.45) is 0 Å². The van der Waals surface area contributed by atoms with E-state index in [0.717, 1.165) is 42.0 Å². The Hall–Kier alpha value is -3.01. The standard InChI is InChI=1S/C28H33N3O/c1-18-7-8-22(21-9-11-23(32-5)12-10-21)17-26(18)31-14-6-13-28(31,4)27-29-24-15-19(2)20(3)16-25(24)30-27/h7,9-12,15-17,22H,6,8,13-14H2,1-5H3,(H,29,30)/t22?,28-/m0/s1. The highest BCUT2D eigenvalue weighted by Gasteiger charge is 2.42. The number of imidazole rings is 1. The van der Waals surface area contributed by atoms with Crippen molar-refractivity contribution in [3.05, 3.63) is 82.3 Å². The third-order valence-corrected chi connectivity index (χ3v) is 7.52. The number of hydrogen-bond acceptors (Lipinski definition) is 3. The van der Waals surface area contributed by atoms with Crippen LogP contribution in [0.25, 0.3) is 11.0 Å². The molecule has 2 aromatic carbocycles. The lowest BCUT2D eigenvalue weighted by Crippen LogP contribution is -2.39. The van der Waals surface area contributed by atoms with E-state index >= 15 is 0 Å². The van der Waals surface area contributed by atoms with Crippen molar-refractivity contribution < 1.29 is 4.74 Å². The molecule has 0 spiro atoms. The van der Waals surface area contributed by atoms with Crippen LogP contribution in [0.2, 0.25) is 0 Å². The molecule has 4 heteroatoms. The van der Waals surface area contributed by atoms with Crippen LogP contribution in [0, 0.1) is 13.8 Å². The molecule has 32 heavy (non-hydrogen) atoms. The summed E-state index contributed by atoms with van der Waals surface area (Å²) in [5.41, 5.74) is 8.72. The van der Waals surface area contributed by atoms with E-state index in [1.807, 2.05) is 0 Å². The number of H-pyrrole nitrogens is 1. The summed E-state index contributed by atoms with van der Waals surface area (Å²) in [6, 6.07) is 12.9. The van der Waals surface area contributed by atoms with Crippen molar-refractivity contribution in [3.63, 3.8) is 0 Å². The highest BCUT2D eigenvalue weighted by atomic mass is 16.5. The fourth-order valence-corrected chi connectivity index (χ4v) is 5.30. The molecule has 1 fully saturated rings. The van der Waals surface area contributed by atoms with Gasteiger partial charge in [-0.3, -0.25) is 0 Å². The van der Waals surface area contributed by atoms with Gasteiger partial charge in [-0.25, -0.2) is 4.98 Å². The molecule has 166 valence electrons. The Morgan fingerprint density at radius 2 is 1.84 bits per heavy atom. The molecule has 0 bridgehead atoms. The summed E-state index contributed by atoms with van der Waals surface area (Å²) in [6.45, 7) is 9.98. The van der Waals surface area contributed by atoms with E-state index in [2.05, 4.69) is 86.1 Å². The lowest BCUT2D eigenvalue weighted by Gasteiger charge is -2.39. The molecule has 2 atom stereocenters. The minimum Gasteiger partial charge on any atom is -0.497 e. The third kappa shape index (κ3) is 3.42. The van der Waals surface area contributed by atoms with Gasteiger partial charge in [0.25, 0.3) is 0 Å². The zero-order valence-electron chi connectivity index (χ0n) is 19.8. The fourth-order valence-electron chi connectivity index (χ4n) is 5.30. The van der Waals surface area contributed by atoms with Crippen molar-refractivity contribution in [3.8, 4) is 5.75 Å². The van der Waals surface area contributed by atoms with Crippen LogP contribution in [0.5, 0.6) is 5.75 Å². The maximum atomic E-state index is 5.35. The number of methoxy groups -OCH3 is 1. The number of aromatic nitrogens is 2. The van der Waals surface area contributed by atoms with Gasteiger partial charge < -0.3 is 14.6 Å². The monoisotopic (exact) mass is 427 g/mol. The molecule has 2 aliphatic rings. The number of nitrogens with one attached hydrogen (secondary N) is 1. The summed E-state index contributed by atoms with van der Waals surface area (Å²) < 4.78 is 5.35. The number of hydrogen-bond donors (Lipinski definition) is 1. The highest BCUT2D eigenvalue weighted by molar-refractivity contribution is 5.77. The number of benzene rings is 2. The number of aryl methyl sites for hydroxylation is 2. The SMILES string of the molecule is COc1ccc(C2C=C(N3CCC[C@@]3(C)c3nc4cc(C)c(C)cc4[nH]3)C(C)=CC2)cc1. The summed E-state index contributed by atoms with van der Waals surface area (Å²) in [5, 5.41) is 0. The highest BCUT2D eigenvalue weighted by Crippen LogP contribution is 2.44. The summed E-state index contributed by atoms with van der Waals surface area (Å²) >= 11 is 0. The van der Waals surface area contributed by atoms with Crippen molar-refractivity contribution in [1.29, 1.82) is 0 Å². The molecule has 4 nitrogen and oxygen atoms in total. The molecule has 1 saturated heterocycles. The zero-order valence-corrected chi connectivity index (χ0v) is 19.8. The molecule has 1 unspecified atom stereocenters. The molecule has 2 heterocycles. The normalized spacial score (nSPS) is 23.4. The van der Waals surface area contributed by atoms with E-state index in [-0.39, 0.29) is 5.54 Å². The van der Waals surface area contributed by atoms with Gasteiger partial charge in [-0.1, -0.05) is 24.3 Å². The second-order valence-corrected chi connectivity index (χ2v) is 9.62. The minimum atomic E-state index is -0.135. The van der Waals surface area contributed by atoms with Crippen LogP contribution in [0.1, 0.15) is 61.5 Å². The quantitative estimate of drug-likeness (QED) is 0.515. The second kappa shape index (κ2) is 7.84. The molecule has 1 aliphatic heterocycles. The van der Waals surface area contributed by atoms with Gasteiger partial charge in [0.15, 0.2) is 0 Å². The van der Waals surface area contributed by atoms with E-state index in [1.165, 1.54) is 34.4 Å². The Morgan fingerprint density at radius 3 is 2.59 bits per heavy atom. The van der Waals surface area contributed by atoms with Gasteiger partial charge in [0, 0.05) is 18.2 Å². The van der Waals surface area contributed by atoms with Crippen molar-refractivity contribution >= 4 is 11.0 Å². The lowest BCUT2D eigenvalue weighted by molar-refractivity contribution is 0.198. The van der Waals surface area contributed by atoms with Crippen LogP contribution in [0.3, 0.4) is 0 Å². The minimum absolute atomic E-state index is 0.135. The molecule has 1 aliphatic carbocycles. The van der Waals surface area contributed by atoms with Crippen molar-refractivity contribution in [2.75, 3.05) is 13.7 Å². The first-order chi connectivity index (χ1) is 15.4. The maximum Gasteiger partial charge on any atom is 0.132 e. The molecule has 0 saturated carbocycles. The van der Waals surface area contributed by atoms with Gasteiger partial charge in [-0.15, -0.1) is 0 Å². The Balaban J connectivity index is 1.51. The first-order valence-corrected chi connectivity index (χ1v) is 11.7. The molecule has 1 aromatic heterocycles. The van der Waals surface area contributed by atoms with Gasteiger partial charge >= 0.3 is 0 Å². The predicted octanol–water partition coefficient (Wildman–Crippen LogP) is 6.52. The molecule has 5 rings (SSSR count). The van der Waals surface area contributed by atoms with E-state index in [9.17, 15) is 0 Å². The molecule has 0 radical (unpaired) electrons. The predicted molar refractivity (Wildman–Crippen MR) is 131 cm³/mol. The zero-order chi connectivity index (χ0) is 22.5. The van der Waals surface area contributed by atoms with Crippen LogP contribution in [0.4, 0.5) is 0 Å². The Kier molecular flexibility index (Phi) is 5.11. The maximum absolute atomic E-state index is 5.35. The fraction of sp³-hybridized carbons (Fsp3) is 0.393. The van der Waals surface area contributed by atoms with Gasteiger partial charge in [0.1, 0.15) is 11.6 Å². The van der Waals surface area contributed by atoms with Crippen molar-refractivity contribution in [1.82, 2.24) is 14.9 Å². The Morgan fingerprint density at radius 1 is 1.09 bits per heavy atom. The van der Waals surface area contributed by atoms with Crippen LogP contribution in [-0.2, 0) is 5.54 Å². The first kappa shape index (κ1) is 20.9. The molecule has 1 N–H and O–H groups in total. The molecular formula is C28H33N3O. The van der Waals surface area contributed by atoms with E-state index in [4.69, 9.17) is 9.72 Å². The number of aromatic amines is 1. The number of likely N-dealkylation sites (tertiary alicyclic amines) is 1. The van der Waals surface area contributed by atoms with Gasteiger partial charge in [0.05, 0.1) is 23.7 Å². The second-order valence-electron chi connectivity index (χ2n) is 9.62. The van der Waals surface area contributed by atoms with E-state index < -0.39 is 0 Å². The van der Waals surface area contributed by atoms with Gasteiger partial charge in [-0.05, 0) is 93.5 Å². The van der Waals surface area contributed by atoms with E-state index in [1.54, 1.807) is 7.11 Å². The van der Waals surface area contributed by atoms with Crippen LogP contribution in [-0.4, -0.2) is 28.5 Å². The summed E-state index contributed by atoms with van der Waals surface area (Å²) in [4.78, 5) is 11.3. The summed E-state index contributed by atoms with van der Waals surface area (Å²) in [7, 11) is 1.72. The third-order valence-electron chi connectivity index (χ3n) is 7.52. The largest absolute Gasteiger partial charge is 0.497 e. The topological polar surface area (TPSA) is 41.1 Å². The Bertz CT molecular complexity index is 1180. The number of nitrogens with zero attached hydrogens (tertiary/aromatic N) is 2. The Labute approximate surface area is 191 Å². The average Bonchev–Trinajstić information content (AvgIpc) is 3.39. The van der Waals surface area contributed by atoms with Crippen LogP contribution in [0.15, 0.2) is 59.8 Å².